The van der Waals surface area contributed by atoms with Gasteiger partial charge >= 0.3 is 5.97 Å². The molecule has 1 N–H and O–H groups in total. The lowest BCUT2D eigenvalue weighted by molar-refractivity contribution is -0.149. The second-order valence-corrected chi connectivity index (χ2v) is 8.39. The van der Waals surface area contributed by atoms with Crippen LogP contribution in [0.1, 0.15) is 20.3 Å². The molecule has 0 spiro atoms. The Balaban J connectivity index is 2.40. The molecule has 1 aliphatic rings. The van der Waals surface area contributed by atoms with E-state index >= 15 is 0 Å². The largest absolute Gasteiger partial charge is 0.479 e. The zero-order valence-electron chi connectivity index (χ0n) is 10.3. The van der Waals surface area contributed by atoms with Gasteiger partial charge in [-0.05, 0) is 13.3 Å². The molecule has 4 atom stereocenters. The van der Waals surface area contributed by atoms with Crippen molar-refractivity contribution in [3.05, 3.63) is 0 Å². The maximum atomic E-state index is 11.9. The van der Waals surface area contributed by atoms with Crippen molar-refractivity contribution >= 4 is 25.1 Å². The lowest BCUT2D eigenvalue weighted by Crippen LogP contribution is -2.27. The first-order valence-electron chi connectivity index (χ1n) is 5.60. The molecule has 5 nitrogen and oxygen atoms in total. The molecule has 1 aliphatic heterocycles. The predicted octanol–water partition coefficient (Wildman–Crippen LogP) is 2.25. The van der Waals surface area contributed by atoms with Crippen LogP contribution in [0.5, 0.6) is 0 Å². The monoisotopic (exact) mass is 282 g/mol. The highest BCUT2D eigenvalue weighted by molar-refractivity contribution is 8.00. The van der Waals surface area contributed by atoms with Gasteiger partial charge in [-0.25, -0.2) is 4.79 Å². The quantitative estimate of drug-likeness (QED) is 0.753. The van der Waals surface area contributed by atoms with E-state index in [-0.39, 0.29) is 10.7 Å². The fourth-order valence-corrected chi connectivity index (χ4v) is 4.48. The van der Waals surface area contributed by atoms with Crippen LogP contribution in [0.3, 0.4) is 0 Å². The van der Waals surface area contributed by atoms with Gasteiger partial charge in [-0.15, -0.1) is 11.8 Å². The van der Waals surface area contributed by atoms with Gasteiger partial charge in [0.05, 0.1) is 6.61 Å². The van der Waals surface area contributed by atoms with E-state index in [1.165, 1.54) is 11.8 Å². The Labute approximate surface area is 106 Å². The minimum Gasteiger partial charge on any atom is -0.479 e. The highest BCUT2D eigenvalue weighted by Crippen LogP contribution is 2.45. The molecule has 1 heterocycles. The van der Waals surface area contributed by atoms with Crippen LogP contribution < -0.4 is 0 Å². The Kier molecular flexibility index (Phi) is 5.51. The van der Waals surface area contributed by atoms with Gasteiger partial charge in [0.1, 0.15) is 5.44 Å². The fraction of sp³-hybridized carbons (Fsp3) is 0.900. The van der Waals surface area contributed by atoms with E-state index in [1.807, 2.05) is 6.92 Å². The molecule has 0 bridgehead atoms. The van der Waals surface area contributed by atoms with E-state index in [2.05, 4.69) is 0 Å². The van der Waals surface area contributed by atoms with Crippen LogP contribution in [0.25, 0.3) is 0 Å². The number of hydrogen-bond donors (Lipinski definition) is 1. The van der Waals surface area contributed by atoms with Crippen molar-refractivity contribution in [1.82, 2.24) is 0 Å². The molecule has 100 valence electrons. The maximum Gasteiger partial charge on any atom is 0.334 e. The van der Waals surface area contributed by atoms with E-state index in [4.69, 9.17) is 14.4 Å². The van der Waals surface area contributed by atoms with Crippen molar-refractivity contribution in [3.63, 3.8) is 0 Å². The topological polar surface area (TPSA) is 72.8 Å². The number of thioether (sulfide) groups is 1. The van der Waals surface area contributed by atoms with Gasteiger partial charge in [0.25, 0.3) is 0 Å². The summed E-state index contributed by atoms with van der Waals surface area (Å²) in [5.41, 5.74) is -0.195. The first-order chi connectivity index (χ1) is 7.85. The normalized spacial score (nSPS) is 32.3. The summed E-state index contributed by atoms with van der Waals surface area (Å²) in [4.78, 5) is 10.8. The summed E-state index contributed by atoms with van der Waals surface area (Å²) in [5, 5.41) is 8.83. The first kappa shape index (κ1) is 15.0. The summed E-state index contributed by atoms with van der Waals surface area (Å²) in [6, 6.07) is 0. The molecule has 0 radical (unpaired) electrons. The van der Waals surface area contributed by atoms with Gasteiger partial charge in [-0.3, -0.25) is 4.57 Å². The summed E-state index contributed by atoms with van der Waals surface area (Å²) in [5.74, 6) is -0.933. The van der Waals surface area contributed by atoms with Gasteiger partial charge in [0.15, 0.2) is 13.5 Å². The Morgan fingerprint density at radius 3 is 2.71 bits per heavy atom. The highest BCUT2D eigenvalue weighted by atomic mass is 32.2. The van der Waals surface area contributed by atoms with Crippen LogP contribution >= 0.6 is 19.1 Å². The third-order valence-electron chi connectivity index (χ3n) is 2.51. The van der Waals surface area contributed by atoms with E-state index in [0.717, 1.165) is 0 Å². The third-order valence-corrected chi connectivity index (χ3v) is 5.71. The van der Waals surface area contributed by atoms with Crippen LogP contribution in [-0.2, 0) is 18.6 Å². The molecular weight excluding hydrogens is 263 g/mol. The maximum absolute atomic E-state index is 11.9. The number of rotatable bonds is 6. The van der Waals surface area contributed by atoms with Gasteiger partial charge in [-0.2, -0.15) is 0 Å². The number of carboxylic acid groups (broad SMARTS) is 1. The molecule has 17 heavy (non-hydrogen) atoms. The number of carboxylic acids is 1. The van der Waals surface area contributed by atoms with Crippen LogP contribution in [0, 0.1) is 0 Å². The summed E-state index contributed by atoms with van der Waals surface area (Å²) in [7, 11) is -2.55. The summed E-state index contributed by atoms with van der Waals surface area (Å²) in [6.07, 6.45) is 0.234. The van der Waals surface area contributed by atoms with E-state index in [1.54, 1.807) is 13.6 Å². The SMILES string of the molecule is CCOP(C)(=O)CC[C@H]1O[C@H](C(=O)O)[C@@H](C)S1. The highest BCUT2D eigenvalue weighted by Gasteiger charge is 2.38. The molecule has 0 amide bonds. The van der Waals surface area contributed by atoms with Gasteiger partial charge in [0, 0.05) is 18.1 Å². The van der Waals surface area contributed by atoms with Crippen molar-refractivity contribution in [2.75, 3.05) is 19.4 Å². The Morgan fingerprint density at radius 1 is 1.59 bits per heavy atom. The molecule has 0 saturated carbocycles. The van der Waals surface area contributed by atoms with Crippen LogP contribution in [0.4, 0.5) is 0 Å². The van der Waals surface area contributed by atoms with Crippen LogP contribution in [-0.4, -0.2) is 47.3 Å². The molecule has 1 unspecified atom stereocenters. The average molecular weight is 282 g/mol. The lowest BCUT2D eigenvalue weighted by atomic mass is 10.3. The number of ether oxygens (including phenoxy) is 1. The van der Waals surface area contributed by atoms with Crippen molar-refractivity contribution < 1.29 is 23.7 Å². The second-order valence-electron chi connectivity index (χ2n) is 4.11. The van der Waals surface area contributed by atoms with Crippen LogP contribution in [0.15, 0.2) is 0 Å². The average Bonchev–Trinajstić information content (AvgIpc) is 2.57. The standard InChI is InChI=1S/C10H19O5PS/c1-4-14-16(3,13)6-5-8-15-9(10(11)12)7(2)17-8/h7-9H,4-6H2,1-3H3,(H,11,12)/t7-,8+,9+,16?/m1/s1. The Bertz CT molecular complexity index is 322. The van der Waals surface area contributed by atoms with E-state index in [0.29, 0.717) is 19.2 Å². The molecule has 1 saturated heterocycles. The third kappa shape index (κ3) is 4.62. The molecule has 0 aliphatic carbocycles. The number of aliphatic carboxylic acids is 1. The van der Waals surface area contributed by atoms with Crippen molar-refractivity contribution in [2.24, 2.45) is 0 Å². The van der Waals surface area contributed by atoms with Crippen molar-refractivity contribution in [3.8, 4) is 0 Å². The molecule has 1 fully saturated rings. The fourth-order valence-electron chi connectivity index (χ4n) is 1.69. The molecule has 1 rings (SSSR count). The van der Waals surface area contributed by atoms with Gasteiger partial charge in [-0.1, -0.05) is 6.92 Å². The minimum absolute atomic E-state index is 0.0687. The van der Waals surface area contributed by atoms with Crippen LogP contribution in [0.2, 0.25) is 0 Å². The molecule has 0 aromatic rings. The second kappa shape index (κ2) is 6.23. The molecule has 0 aromatic heterocycles. The van der Waals surface area contributed by atoms with Crippen molar-refractivity contribution in [1.29, 1.82) is 0 Å². The minimum atomic E-state index is -2.55. The number of hydrogen-bond acceptors (Lipinski definition) is 5. The summed E-state index contributed by atoms with van der Waals surface area (Å²) in [6.45, 7) is 5.67. The van der Waals surface area contributed by atoms with E-state index < -0.39 is 19.4 Å². The summed E-state index contributed by atoms with van der Waals surface area (Å²) < 4.78 is 22.4. The molecule has 0 aromatic carbocycles. The smallest absolute Gasteiger partial charge is 0.334 e. The molecule has 7 heteroatoms. The first-order valence-corrected chi connectivity index (χ1v) is 8.80. The summed E-state index contributed by atoms with van der Waals surface area (Å²) >= 11 is 1.48. The van der Waals surface area contributed by atoms with Gasteiger partial charge in [0.2, 0.25) is 0 Å². The zero-order chi connectivity index (χ0) is 13.1. The lowest BCUT2D eigenvalue weighted by Gasteiger charge is -2.15. The zero-order valence-corrected chi connectivity index (χ0v) is 12.0. The van der Waals surface area contributed by atoms with Gasteiger partial charge < -0.3 is 14.4 Å². The predicted molar refractivity (Wildman–Crippen MR) is 68.0 cm³/mol. The number of carbonyl (C=O) groups is 1. The Hall–Kier alpha value is -0.0300. The molecular formula is C10H19O5PS. The van der Waals surface area contributed by atoms with E-state index in [9.17, 15) is 9.36 Å². The van der Waals surface area contributed by atoms with Crippen molar-refractivity contribution in [2.45, 2.75) is 37.1 Å². The Morgan fingerprint density at radius 2 is 2.24 bits per heavy atom.